The molecule has 1 heterocycles. The number of imide groups is 1. The number of carbonyl (C=O) groups is 2. The molecule has 3 N–H and O–H groups in total. The molecule has 1 aromatic carbocycles. The van der Waals surface area contributed by atoms with E-state index in [0.717, 1.165) is 0 Å². The van der Waals surface area contributed by atoms with E-state index in [1.54, 1.807) is 12.1 Å². The van der Waals surface area contributed by atoms with Gasteiger partial charge in [0, 0.05) is 10.6 Å². The molecule has 2 amide bonds. The SMILES string of the molecule is CSc1c(N)ccc2c1C(=O)NC2=O. The molecule has 0 aromatic heterocycles. The van der Waals surface area contributed by atoms with E-state index in [1.807, 2.05) is 6.26 Å². The molecule has 0 unspecified atom stereocenters. The Balaban J connectivity index is 2.74. The molecule has 0 radical (unpaired) electrons. The van der Waals surface area contributed by atoms with Crippen LogP contribution >= 0.6 is 11.8 Å². The number of hydrogen-bond acceptors (Lipinski definition) is 4. The lowest BCUT2D eigenvalue weighted by molar-refractivity contribution is 0.0879. The monoisotopic (exact) mass is 208 g/mol. The van der Waals surface area contributed by atoms with E-state index < -0.39 is 0 Å². The largest absolute Gasteiger partial charge is 0.398 e. The van der Waals surface area contributed by atoms with Crippen LogP contribution in [0.25, 0.3) is 0 Å². The number of rotatable bonds is 1. The summed E-state index contributed by atoms with van der Waals surface area (Å²) >= 11 is 1.37. The number of carbonyl (C=O) groups excluding carboxylic acids is 2. The van der Waals surface area contributed by atoms with Crippen molar-refractivity contribution in [3.05, 3.63) is 23.3 Å². The maximum Gasteiger partial charge on any atom is 0.260 e. The Kier molecular flexibility index (Phi) is 1.96. The smallest absolute Gasteiger partial charge is 0.260 e. The molecule has 2 rings (SSSR count). The van der Waals surface area contributed by atoms with Crippen LogP contribution in [-0.4, -0.2) is 18.1 Å². The van der Waals surface area contributed by atoms with Crippen molar-refractivity contribution in [1.82, 2.24) is 5.32 Å². The normalized spacial score (nSPS) is 14.1. The van der Waals surface area contributed by atoms with Gasteiger partial charge in [-0.2, -0.15) is 0 Å². The number of benzene rings is 1. The first-order valence-corrected chi connectivity index (χ1v) is 5.19. The first-order chi connectivity index (χ1) is 6.65. The zero-order valence-electron chi connectivity index (χ0n) is 7.46. The Morgan fingerprint density at radius 1 is 1.29 bits per heavy atom. The van der Waals surface area contributed by atoms with Crippen LogP contribution in [0.1, 0.15) is 20.7 Å². The second kappa shape index (κ2) is 3.02. The van der Waals surface area contributed by atoms with Crippen LogP contribution in [0.5, 0.6) is 0 Å². The number of nitrogen functional groups attached to an aromatic ring is 1. The summed E-state index contributed by atoms with van der Waals surface area (Å²) < 4.78 is 0. The van der Waals surface area contributed by atoms with Crippen molar-refractivity contribution in [2.75, 3.05) is 12.0 Å². The van der Waals surface area contributed by atoms with Crippen LogP contribution in [0.3, 0.4) is 0 Å². The van der Waals surface area contributed by atoms with Gasteiger partial charge >= 0.3 is 0 Å². The first-order valence-electron chi connectivity index (χ1n) is 3.97. The van der Waals surface area contributed by atoms with E-state index in [-0.39, 0.29) is 11.8 Å². The number of anilines is 1. The average Bonchev–Trinajstić information content (AvgIpc) is 2.43. The Hall–Kier alpha value is -1.49. The number of nitrogens with one attached hydrogen (secondary N) is 1. The average molecular weight is 208 g/mol. The van der Waals surface area contributed by atoms with Gasteiger partial charge in [-0.3, -0.25) is 14.9 Å². The van der Waals surface area contributed by atoms with Crippen LogP contribution in [0.2, 0.25) is 0 Å². The number of thioether (sulfide) groups is 1. The lowest BCUT2D eigenvalue weighted by Gasteiger charge is -2.05. The quantitative estimate of drug-likeness (QED) is 0.408. The highest BCUT2D eigenvalue weighted by molar-refractivity contribution is 7.98. The topological polar surface area (TPSA) is 72.2 Å². The Morgan fingerprint density at radius 2 is 2.00 bits per heavy atom. The molecule has 1 aromatic rings. The summed E-state index contributed by atoms with van der Waals surface area (Å²) in [6.45, 7) is 0. The summed E-state index contributed by atoms with van der Waals surface area (Å²) in [4.78, 5) is 23.4. The predicted molar refractivity (Wildman–Crippen MR) is 54.4 cm³/mol. The minimum absolute atomic E-state index is 0.347. The number of nitrogens with two attached hydrogens (primary N) is 1. The third kappa shape index (κ3) is 1.09. The fourth-order valence-electron chi connectivity index (χ4n) is 1.47. The predicted octanol–water partition coefficient (Wildman–Crippen LogP) is 0.874. The van der Waals surface area contributed by atoms with Crippen molar-refractivity contribution in [3.63, 3.8) is 0 Å². The van der Waals surface area contributed by atoms with Crippen LogP contribution < -0.4 is 11.1 Å². The minimum atomic E-state index is -0.360. The maximum atomic E-state index is 11.4. The molecular formula is C9H8N2O2S. The molecule has 72 valence electrons. The van der Waals surface area contributed by atoms with Crippen molar-refractivity contribution in [1.29, 1.82) is 0 Å². The molecule has 0 saturated carbocycles. The van der Waals surface area contributed by atoms with E-state index in [4.69, 9.17) is 5.73 Å². The van der Waals surface area contributed by atoms with Crippen molar-refractivity contribution in [2.24, 2.45) is 0 Å². The van der Waals surface area contributed by atoms with E-state index in [0.29, 0.717) is 21.7 Å². The van der Waals surface area contributed by atoms with Gasteiger partial charge in [0.1, 0.15) is 0 Å². The Bertz CT molecular complexity index is 443. The first kappa shape index (κ1) is 9.08. The lowest BCUT2D eigenvalue weighted by atomic mass is 10.1. The number of fused-ring (bicyclic) bond motifs is 1. The van der Waals surface area contributed by atoms with Gasteiger partial charge in [-0.05, 0) is 18.4 Å². The molecule has 0 atom stereocenters. The standard InChI is InChI=1S/C9H8N2O2S/c1-14-7-5(10)3-2-4-6(7)9(13)11-8(4)12/h2-3H,10H2,1H3,(H,11,12,13). The second-order valence-corrected chi connectivity index (χ2v) is 3.71. The number of hydrogen-bond donors (Lipinski definition) is 2. The number of amides is 2. The van der Waals surface area contributed by atoms with Gasteiger partial charge in [0.15, 0.2) is 0 Å². The molecule has 0 saturated heterocycles. The van der Waals surface area contributed by atoms with Crippen LogP contribution in [0.4, 0.5) is 5.69 Å². The van der Waals surface area contributed by atoms with Crippen molar-refractivity contribution < 1.29 is 9.59 Å². The van der Waals surface area contributed by atoms with Gasteiger partial charge in [-0.1, -0.05) is 0 Å². The summed E-state index contributed by atoms with van der Waals surface area (Å²) in [6, 6.07) is 3.22. The van der Waals surface area contributed by atoms with Gasteiger partial charge < -0.3 is 5.73 Å². The highest BCUT2D eigenvalue weighted by Crippen LogP contribution is 2.31. The highest BCUT2D eigenvalue weighted by Gasteiger charge is 2.30. The maximum absolute atomic E-state index is 11.4. The molecule has 0 spiro atoms. The van der Waals surface area contributed by atoms with Crippen LogP contribution in [-0.2, 0) is 0 Å². The summed E-state index contributed by atoms with van der Waals surface area (Å²) in [5.74, 6) is -0.707. The molecule has 0 fully saturated rings. The van der Waals surface area contributed by atoms with Gasteiger partial charge in [0.05, 0.1) is 11.1 Å². The zero-order valence-corrected chi connectivity index (χ0v) is 8.27. The van der Waals surface area contributed by atoms with Crippen molar-refractivity contribution in [2.45, 2.75) is 4.90 Å². The molecule has 1 aliphatic rings. The van der Waals surface area contributed by atoms with Gasteiger partial charge in [0.25, 0.3) is 11.8 Å². The molecule has 0 bridgehead atoms. The highest BCUT2D eigenvalue weighted by atomic mass is 32.2. The van der Waals surface area contributed by atoms with Crippen LogP contribution in [0, 0.1) is 0 Å². The van der Waals surface area contributed by atoms with E-state index in [9.17, 15) is 9.59 Å². The molecule has 1 aliphatic heterocycles. The van der Waals surface area contributed by atoms with Crippen molar-refractivity contribution >= 4 is 29.3 Å². The Morgan fingerprint density at radius 3 is 2.64 bits per heavy atom. The van der Waals surface area contributed by atoms with Gasteiger partial charge in [0.2, 0.25) is 0 Å². The van der Waals surface area contributed by atoms with Crippen LogP contribution in [0.15, 0.2) is 17.0 Å². The molecule has 14 heavy (non-hydrogen) atoms. The molecule has 5 heteroatoms. The lowest BCUT2D eigenvalue weighted by Crippen LogP contribution is -2.20. The second-order valence-electron chi connectivity index (χ2n) is 2.89. The minimum Gasteiger partial charge on any atom is -0.398 e. The van der Waals surface area contributed by atoms with E-state index in [1.165, 1.54) is 11.8 Å². The summed E-state index contributed by atoms with van der Waals surface area (Å²) in [7, 11) is 0. The van der Waals surface area contributed by atoms with E-state index in [2.05, 4.69) is 5.32 Å². The summed E-state index contributed by atoms with van der Waals surface area (Å²) in [5, 5.41) is 2.24. The summed E-state index contributed by atoms with van der Waals surface area (Å²) in [5.41, 5.74) is 7.04. The fraction of sp³-hybridized carbons (Fsp3) is 0.111. The van der Waals surface area contributed by atoms with Gasteiger partial charge in [-0.15, -0.1) is 11.8 Å². The third-order valence-electron chi connectivity index (χ3n) is 2.09. The molecular weight excluding hydrogens is 200 g/mol. The Labute approximate surface area is 84.9 Å². The molecule has 0 aliphatic carbocycles. The summed E-state index contributed by atoms with van der Waals surface area (Å²) in [6.07, 6.45) is 1.82. The molecule has 4 nitrogen and oxygen atoms in total. The zero-order chi connectivity index (χ0) is 10.3. The van der Waals surface area contributed by atoms with Crippen molar-refractivity contribution in [3.8, 4) is 0 Å². The third-order valence-corrected chi connectivity index (χ3v) is 2.94. The van der Waals surface area contributed by atoms with E-state index >= 15 is 0 Å². The fourth-order valence-corrected chi connectivity index (χ4v) is 2.18. The van der Waals surface area contributed by atoms with Gasteiger partial charge in [-0.25, -0.2) is 0 Å².